The first-order chi connectivity index (χ1) is 8.13. The van der Waals surface area contributed by atoms with E-state index in [4.69, 9.17) is 5.73 Å². The molecule has 1 aromatic heterocycles. The van der Waals surface area contributed by atoms with Crippen molar-refractivity contribution in [2.75, 3.05) is 5.75 Å². The maximum absolute atomic E-state index is 6.38. The molecule has 1 fully saturated rings. The lowest BCUT2D eigenvalue weighted by molar-refractivity contribution is 0.597. The van der Waals surface area contributed by atoms with E-state index in [9.17, 15) is 0 Å². The van der Waals surface area contributed by atoms with Gasteiger partial charge in [0, 0.05) is 40.4 Å². The number of thioether (sulfide) groups is 2. The van der Waals surface area contributed by atoms with Crippen LogP contribution in [0.1, 0.15) is 32.6 Å². The van der Waals surface area contributed by atoms with Crippen molar-refractivity contribution in [1.82, 2.24) is 9.55 Å². The Morgan fingerprint density at radius 2 is 2.29 bits per heavy atom. The minimum atomic E-state index is 0.0531. The van der Waals surface area contributed by atoms with E-state index in [2.05, 4.69) is 30.3 Å². The summed E-state index contributed by atoms with van der Waals surface area (Å²) in [4.78, 5) is 4.42. The Labute approximate surface area is 112 Å². The van der Waals surface area contributed by atoms with Crippen LogP contribution in [0, 0.1) is 0 Å². The highest BCUT2D eigenvalue weighted by atomic mass is 32.2. The summed E-state index contributed by atoms with van der Waals surface area (Å²) in [6, 6.07) is 0.0531. The molecule has 4 unspecified atom stereocenters. The van der Waals surface area contributed by atoms with Crippen molar-refractivity contribution >= 4 is 23.5 Å². The Hall–Kier alpha value is -0.130. The van der Waals surface area contributed by atoms with Crippen LogP contribution < -0.4 is 5.73 Å². The first-order valence-electron chi connectivity index (χ1n) is 6.17. The van der Waals surface area contributed by atoms with Crippen molar-refractivity contribution in [3.8, 4) is 0 Å². The second-order valence-electron chi connectivity index (χ2n) is 4.52. The zero-order valence-corrected chi connectivity index (χ0v) is 12.3. The maximum Gasteiger partial charge on any atom is 0.126 e. The fraction of sp³-hybridized carbons (Fsp3) is 0.750. The molecule has 1 aromatic rings. The van der Waals surface area contributed by atoms with Gasteiger partial charge in [-0.05, 0) is 6.92 Å². The lowest BCUT2D eigenvalue weighted by Gasteiger charge is -2.34. The van der Waals surface area contributed by atoms with Crippen LogP contribution in [-0.4, -0.2) is 31.1 Å². The summed E-state index contributed by atoms with van der Waals surface area (Å²) in [6.45, 7) is 7.68. The van der Waals surface area contributed by atoms with Crippen molar-refractivity contribution in [3.63, 3.8) is 0 Å². The molecule has 2 N–H and O–H groups in total. The zero-order valence-electron chi connectivity index (χ0n) is 10.7. The molecule has 0 aromatic carbocycles. The van der Waals surface area contributed by atoms with Gasteiger partial charge in [-0.3, -0.25) is 0 Å². The number of aryl methyl sites for hydroxylation is 1. The largest absolute Gasteiger partial charge is 0.334 e. The summed E-state index contributed by atoms with van der Waals surface area (Å²) in [5, 5.41) is 1.89. The molecule has 1 aliphatic rings. The molecule has 0 radical (unpaired) electrons. The molecule has 5 heteroatoms. The Balaban J connectivity index is 2.07. The molecule has 1 aliphatic heterocycles. The highest BCUT2D eigenvalue weighted by Gasteiger charge is 2.31. The molecule has 17 heavy (non-hydrogen) atoms. The number of rotatable bonds is 3. The van der Waals surface area contributed by atoms with Gasteiger partial charge in [0.25, 0.3) is 0 Å². The summed E-state index contributed by atoms with van der Waals surface area (Å²) in [5.41, 5.74) is 6.38. The molecule has 0 amide bonds. The lowest BCUT2D eigenvalue weighted by atomic mass is 10.2. The fourth-order valence-corrected chi connectivity index (χ4v) is 5.06. The summed E-state index contributed by atoms with van der Waals surface area (Å²) < 4.78 is 2.15. The Bertz CT molecular complexity index is 366. The van der Waals surface area contributed by atoms with E-state index < -0.39 is 0 Å². The minimum Gasteiger partial charge on any atom is -0.334 e. The minimum absolute atomic E-state index is 0.0531. The van der Waals surface area contributed by atoms with Crippen LogP contribution in [0.15, 0.2) is 12.4 Å². The van der Waals surface area contributed by atoms with Crippen molar-refractivity contribution in [1.29, 1.82) is 0 Å². The summed E-state index contributed by atoms with van der Waals surface area (Å²) >= 11 is 4.06. The first kappa shape index (κ1) is 13.3. The maximum atomic E-state index is 6.38. The normalized spacial score (nSPS) is 31.4. The molecule has 0 aliphatic carbocycles. The van der Waals surface area contributed by atoms with Gasteiger partial charge in [0.15, 0.2) is 0 Å². The van der Waals surface area contributed by atoms with Crippen molar-refractivity contribution in [2.24, 2.45) is 5.73 Å². The number of nitrogens with two attached hydrogens (primary N) is 1. The quantitative estimate of drug-likeness (QED) is 0.917. The summed E-state index contributed by atoms with van der Waals surface area (Å²) in [7, 11) is 0. The van der Waals surface area contributed by atoms with Gasteiger partial charge >= 0.3 is 0 Å². The monoisotopic (exact) mass is 271 g/mol. The molecule has 0 saturated carbocycles. The smallest absolute Gasteiger partial charge is 0.126 e. The van der Waals surface area contributed by atoms with E-state index in [0.29, 0.717) is 10.5 Å². The molecule has 0 spiro atoms. The van der Waals surface area contributed by atoms with Gasteiger partial charge in [-0.2, -0.15) is 23.5 Å². The third kappa shape index (κ3) is 2.83. The fourth-order valence-electron chi connectivity index (χ4n) is 2.05. The van der Waals surface area contributed by atoms with Gasteiger partial charge in [0.2, 0.25) is 0 Å². The van der Waals surface area contributed by atoms with E-state index in [1.54, 1.807) is 0 Å². The average Bonchev–Trinajstić information content (AvgIpc) is 2.80. The number of nitrogens with zero attached hydrogens (tertiary/aromatic N) is 2. The SMILES string of the molecule is CCn1ccnc1C(N)C1CSC(C)C(C)S1. The lowest BCUT2D eigenvalue weighted by Crippen LogP contribution is -2.35. The topological polar surface area (TPSA) is 43.8 Å². The third-order valence-corrected chi connectivity index (χ3v) is 6.88. The molecule has 2 rings (SSSR count). The van der Waals surface area contributed by atoms with Crippen LogP contribution in [0.3, 0.4) is 0 Å². The van der Waals surface area contributed by atoms with Gasteiger partial charge in [-0.1, -0.05) is 13.8 Å². The second-order valence-corrected chi connectivity index (χ2v) is 7.55. The molecule has 96 valence electrons. The molecular weight excluding hydrogens is 250 g/mol. The highest BCUT2D eigenvalue weighted by molar-refractivity contribution is 8.07. The number of hydrogen-bond donors (Lipinski definition) is 1. The van der Waals surface area contributed by atoms with Crippen molar-refractivity contribution in [2.45, 2.75) is 49.1 Å². The second kappa shape index (κ2) is 5.67. The van der Waals surface area contributed by atoms with E-state index in [-0.39, 0.29) is 6.04 Å². The molecule has 1 saturated heterocycles. The summed E-state index contributed by atoms with van der Waals surface area (Å²) in [5.74, 6) is 2.17. The molecule has 2 heterocycles. The highest BCUT2D eigenvalue weighted by Crippen LogP contribution is 2.39. The van der Waals surface area contributed by atoms with Crippen LogP contribution in [0.4, 0.5) is 0 Å². The van der Waals surface area contributed by atoms with Gasteiger partial charge in [0.1, 0.15) is 5.82 Å². The van der Waals surface area contributed by atoms with Gasteiger partial charge in [0.05, 0.1) is 6.04 Å². The Kier molecular flexibility index (Phi) is 4.44. The van der Waals surface area contributed by atoms with Gasteiger partial charge in [-0.25, -0.2) is 4.98 Å². The van der Waals surface area contributed by atoms with E-state index >= 15 is 0 Å². The van der Waals surface area contributed by atoms with Crippen molar-refractivity contribution < 1.29 is 0 Å². The Morgan fingerprint density at radius 1 is 1.53 bits per heavy atom. The number of aromatic nitrogens is 2. The summed E-state index contributed by atoms with van der Waals surface area (Å²) in [6.07, 6.45) is 3.87. The molecule has 3 nitrogen and oxygen atoms in total. The molecule has 4 atom stereocenters. The van der Waals surface area contributed by atoms with Crippen LogP contribution >= 0.6 is 23.5 Å². The predicted molar refractivity (Wildman–Crippen MR) is 77.6 cm³/mol. The third-order valence-electron chi connectivity index (χ3n) is 3.36. The molecule has 0 bridgehead atoms. The Morgan fingerprint density at radius 3 is 2.94 bits per heavy atom. The van der Waals surface area contributed by atoms with E-state index in [0.717, 1.165) is 23.4 Å². The average molecular weight is 271 g/mol. The number of hydrogen-bond acceptors (Lipinski definition) is 4. The van der Waals surface area contributed by atoms with E-state index in [1.165, 1.54) is 0 Å². The predicted octanol–water partition coefficient (Wildman–Crippen LogP) is 2.53. The van der Waals surface area contributed by atoms with Crippen LogP contribution in [0.2, 0.25) is 0 Å². The van der Waals surface area contributed by atoms with Crippen LogP contribution in [0.5, 0.6) is 0 Å². The number of imidazole rings is 1. The standard InChI is InChI=1S/C12H21N3S2/c1-4-15-6-5-14-12(15)11(13)10-7-16-8(2)9(3)17-10/h5-6,8-11H,4,7,13H2,1-3H3. The zero-order chi connectivity index (χ0) is 12.4. The first-order valence-corrected chi connectivity index (χ1v) is 8.16. The van der Waals surface area contributed by atoms with Crippen LogP contribution in [0.25, 0.3) is 0 Å². The van der Waals surface area contributed by atoms with Gasteiger partial charge < -0.3 is 10.3 Å². The van der Waals surface area contributed by atoms with Crippen molar-refractivity contribution in [3.05, 3.63) is 18.2 Å². The van der Waals surface area contributed by atoms with Crippen LogP contribution in [-0.2, 0) is 6.54 Å². The van der Waals surface area contributed by atoms with E-state index in [1.807, 2.05) is 35.9 Å². The molecular formula is C12H21N3S2. The van der Waals surface area contributed by atoms with Gasteiger partial charge in [-0.15, -0.1) is 0 Å².